The largest absolute Gasteiger partial charge is 0.311 e. The van der Waals surface area contributed by atoms with Crippen LogP contribution in [0.2, 0.25) is 0 Å². The van der Waals surface area contributed by atoms with Gasteiger partial charge in [0, 0.05) is 65.8 Å². The van der Waals surface area contributed by atoms with Gasteiger partial charge in [-0.25, -0.2) is 4.39 Å². The molecule has 0 unspecified atom stereocenters. The molecule has 0 aliphatic rings. The van der Waals surface area contributed by atoms with Crippen molar-refractivity contribution in [1.82, 2.24) is 20.0 Å². The normalized spacial score (nSPS) is 11.1. The summed E-state index contributed by atoms with van der Waals surface area (Å²) in [6.07, 6.45) is 7.04. The van der Waals surface area contributed by atoms with Gasteiger partial charge in [0.05, 0.1) is 0 Å². The smallest absolute Gasteiger partial charge is 0.131 e. The fraction of sp³-hybridized carbons (Fsp3) is 0.130. The molecule has 2 aromatic carbocycles. The first kappa shape index (κ1) is 19.5. The summed E-state index contributed by atoms with van der Waals surface area (Å²) in [5, 5.41) is 5.67. The third kappa shape index (κ3) is 4.98. The molecule has 2 heterocycles. The van der Waals surface area contributed by atoms with E-state index >= 15 is 0 Å². The highest BCUT2D eigenvalue weighted by Gasteiger charge is 2.06. The summed E-state index contributed by atoms with van der Waals surface area (Å²) in [5.41, 5.74) is 2.28. The van der Waals surface area contributed by atoms with Gasteiger partial charge in [0.15, 0.2) is 0 Å². The predicted octanol–water partition coefficient (Wildman–Crippen LogP) is 4.82. The molecule has 4 rings (SSSR count). The molecule has 0 atom stereocenters. The molecule has 0 aliphatic carbocycles. The zero-order chi connectivity index (χ0) is 19.9. The van der Waals surface area contributed by atoms with Gasteiger partial charge in [0.25, 0.3) is 0 Å². The Morgan fingerprint density at radius 2 is 1.83 bits per heavy atom. The lowest BCUT2D eigenvalue weighted by Gasteiger charge is -2.09. The zero-order valence-electron chi connectivity index (χ0n) is 15.8. The van der Waals surface area contributed by atoms with Crippen LogP contribution < -0.4 is 10.0 Å². The molecule has 4 nitrogen and oxygen atoms in total. The van der Waals surface area contributed by atoms with Crippen LogP contribution in [0.3, 0.4) is 0 Å². The summed E-state index contributed by atoms with van der Waals surface area (Å²) in [5.74, 6) is -0.226. The first-order valence-electron chi connectivity index (χ1n) is 9.43. The third-order valence-electron chi connectivity index (χ3n) is 4.56. The van der Waals surface area contributed by atoms with Crippen molar-refractivity contribution in [2.24, 2.45) is 0 Å². The lowest BCUT2D eigenvalue weighted by atomic mass is 10.0. The number of rotatable bonds is 8. The lowest BCUT2D eigenvalue weighted by Crippen LogP contribution is -2.23. The Labute approximate surface area is 173 Å². The number of hydrogen-bond donors (Lipinski definition) is 2. The molecule has 0 spiro atoms. The van der Waals surface area contributed by atoms with Gasteiger partial charge in [-0.05, 0) is 47.2 Å². The summed E-state index contributed by atoms with van der Waals surface area (Å²) in [6, 6.07) is 17.2. The van der Waals surface area contributed by atoms with Gasteiger partial charge < -0.3 is 5.32 Å². The number of hydrogen-bond acceptors (Lipinski definition) is 5. The fourth-order valence-corrected chi connectivity index (χ4v) is 3.91. The SMILES string of the molecule is Fc1cc(CNCCNSc2cccc3cnccc23)ccc1-c1cccnc1. The van der Waals surface area contributed by atoms with Crippen LogP contribution in [0.15, 0.2) is 84.3 Å². The second-order valence-electron chi connectivity index (χ2n) is 6.58. The van der Waals surface area contributed by atoms with E-state index in [9.17, 15) is 4.39 Å². The molecular formula is C23H21FN4S. The summed E-state index contributed by atoms with van der Waals surface area (Å²) in [6.45, 7) is 2.20. The van der Waals surface area contributed by atoms with E-state index in [0.29, 0.717) is 12.1 Å². The topological polar surface area (TPSA) is 49.8 Å². The van der Waals surface area contributed by atoms with Crippen LogP contribution in [0.25, 0.3) is 21.9 Å². The number of halogens is 1. The lowest BCUT2D eigenvalue weighted by molar-refractivity contribution is 0.623. The summed E-state index contributed by atoms with van der Waals surface area (Å²) < 4.78 is 17.8. The predicted molar refractivity (Wildman–Crippen MR) is 117 cm³/mol. The number of pyridine rings is 2. The Hall–Kier alpha value is -2.80. The first-order valence-corrected chi connectivity index (χ1v) is 10.2. The number of nitrogens with zero attached hydrogens (tertiary/aromatic N) is 2. The average molecular weight is 405 g/mol. The van der Waals surface area contributed by atoms with Crippen LogP contribution in [-0.2, 0) is 6.54 Å². The highest BCUT2D eigenvalue weighted by molar-refractivity contribution is 7.97. The quantitative estimate of drug-likeness (QED) is 0.326. The van der Waals surface area contributed by atoms with Crippen molar-refractivity contribution in [1.29, 1.82) is 0 Å². The van der Waals surface area contributed by atoms with Crippen molar-refractivity contribution >= 4 is 22.7 Å². The van der Waals surface area contributed by atoms with E-state index in [-0.39, 0.29) is 5.82 Å². The van der Waals surface area contributed by atoms with E-state index in [1.54, 1.807) is 30.4 Å². The van der Waals surface area contributed by atoms with Crippen molar-refractivity contribution in [2.45, 2.75) is 11.4 Å². The highest BCUT2D eigenvalue weighted by Crippen LogP contribution is 2.25. The molecule has 2 aromatic heterocycles. The van der Waals surface area contributed by atoms with E-state index in [1.165, 1.54) is 10.3 Å². The van der Waals surface area contributed by atoms with Crippen LogP contribution in [0.5, 0.6) is 0 Å². The molecule has 0 amide bonds. The second-order valence-corrected chi connectivity index (χ2v) is 7.51. The molecular weight excluding hydrogens is 383 g/mol. The molecule has 0 saturated heterocycles. The Morgan fingerprint density at radius 1 is 0.897 bits per heavy atom. The van der Waals surface area contributed by atoms with Gasteiger partial charge in [-0.2, -0.15) is 0 Å². The summed E-state index contributed by atoms with van der Waals surface area (Å²) in [4.78, 5) is 9.39. The minimum absolute atomic E-state index is 0.226. The van der Waals surface area contributed by atoms with Crippen molar-refractivity contribution in [3.8, 4) is 11.1 Å². The van der Waals surface area contributed by atoms with Crippen LogP contribution >= 0.6 is 11.9 Å². The Kier molecular flexibility index (Phi) is 6.46. The maximum atomic E-state index is 14.4. The molecule has 6 heteroatoms. The molecule has 2 N–H and O–H groups in total. The molecule has 0 saturated carbocycles. The molecule has 29 heavy (non-hydrogen) atoms. The molecule has 146 valence electrons. The molecule has 0 radical (unpaired) electrons. The molecule has 0 bridgehead atoms. The Bertz CT molecular complexity index is 1080. The monoisotopic (exact) mass is 404 g/mol. The van der Waals surface area contributed by atoms with E-state index in [4.69, 9.17) is 0 Å². The van der Waals surface area contributed by atoms with Gasteiger partial charge in [0.1, 0.15) is 5.82 Å². The van der Waals surface area contributed by atoms with Crippen molar-refractivity contribution in [2.75, 3.05) is 13.1 Å². The maximum Gasteiger partial charge on any atom is 0.131 e. The summed E-state index contributed by atoms with van der Waals surface area (Å²) in [7, 11) is 0. The Balaban J connectivity index is 1.24. The first-order chi connectivity index (χ1) is 14.3. The minimum atomic E-state index is -0.226. The van der Waals surface area contributed by atoms with Gasteiger partial charge in [-0.1, -0.05) is 30.3 Å². The summed E-state index contributed by atoms with van der Waals surface area (Å²) >= 11 is 1.61. The fourth-order valence-electron chi connectivity index (χ4n) is 3.11. The average Bonchev–Trinajstić information content (AvgIpc) is 2.77. The van der Waals surface area contributed by atoms with Crippen LogP contribution in [0.4, 0.5) is 4.39 Å². The van der Waals surface area contributed by atoms with Gasteiger partial charge in [-0.15, -0.1) is 0 Å². The second kappa shape index (κ2) is 9.60. The molecule has 4 aromatic rings. The third-order valence-corrected chi connectivity index (χ3v) is 5.49. The van der Waals surface area contributed by atoms with Gasteiger partial charge >= 0.3 is 0 Å². The van der Waals surface area contributed by atoms with E-state index < -0.39 is 0 Å². The van der Waals surface area contributed by atoms with Gasteiger partial charge in [0.2, 0.25) is 0 Å². The number of aromatic nitrogens is 2. The van der Waals surface area contributed by atoms with E-state index in [0.717, 1.165) is 29.6 Å². The van der Waals surface area contributed by atoms with Crippen LogP contribution in [0.1, 0.15) is 5.56 Å². The van der Waals surface area contributed by atoms with Gasteiger partial charge in [-0.3, -0.25) is 14.7 Å². The molecule has 0 aliphatic heterocycles. The van der Waals surface area contributed by atoms with Crippen LogP contribution in [-0.4, -0.2) is 23.1 Å². The maximum absolute atomic E-state index is 14.4. The molecule has 0 fully saturated rings. The van der Waals surface area contributed by atoms with Crippen LogP contribution in [0, 0.1) is 5.82 Å². The van der Waals surface area contributed by atoms with Crippen molar-refractivity contribution in [3.63, 3.8) is 0 Å². The van der Waals surface area contributed by atoms with Crippen molar-refractivity contribution < 1.29 is 4.39 Å². The number of benzene rings is 2. The standard InChI is InChI=1S/C23H21FN4S/c24-22-13-17(6-7-20(22)18-4-2-9-25-15-18)14-27-11-12-28-29-23-5-1-3-19-16-26-10-8-21(19)23/h1-10,13,15-16,27-28H,11-12,14H2. The number of nitrogens with one attached hydrogen (secondary N) is 2. The van der Waals surface area contributed by atoms with E-state index in [2.05, 4.69) is 32.1 Å². The zero-order valence-corrected chi connectivity index (χ0v) is 16.6. The Morgan fingerprint density at radius 3 is 2.69 bits per heavy atom. The van der Waals surface area contributed by atoms with E-state index in [1.807, 2.05) is 48.8 Å². The highest BCUT2D eigenvalue weighted by atomic mass is 32.2. The van der Waals surface area contributed by atoms with Crippen molar-refractivity contribution in [3.05, 3.63) is 90.8 Å². The minimum Gasteiger partial charge on any atom is -0.311 e. The number of fused-ring (bicyclic) bond motifs is 1.